The molecule has 0 bridgehead atoms. The Bertz CT molecular complexity index is 1170. The number of benzene rings is 3. The Morgan fingerprint density at radius 1 is 1.00 bits per heavy atom. The molecule has 0 aromatic heterocycles. The van der Waals surface area contributed by atoms with Crippen LogP contribution in [-0.4, -0.2) is 35.1 Å². The molecule has 32 heavy (non-hydrogen) atoms. The van der Waals surface area contributed by atoms with Crippen molar-refractivity contribution in [3.8, 4) is 11.1 Å². The van der Waals surface area contributed by atoms with Crippen LogP contribution in [0.25, 0.3) is 11.1 Å². The van der Waals surface area contributed by atoms with Gasteiger partial charge in [0.2, 0.25) is 0 Å². The van der Waals surface area contributed by atoms with Crippen molar-refractivity contribution in [3.05, 3.63) is 89.0 Å². The van der Waals surface area contributed by atoms with E-state index in [9.17, 15) is 13.6 Å². The van der Waals surface area contributed by atoms with Crippen LogP contribution in [-0.2, 0) is 0 Å². The number of carbonyl (C=O) groups is 1. The summed E-state index contributed by atoms with van der Waals surface area (Å²) in [4.78, 5) is 13.8. The van der Waals surface area contributed by atoms with Crippen LogP contribution in [0.3, 0.4) is 0 Å². The number of hydrogen-bond donors (Lipinski definition) is 3. The van der Waals surface area contributed by atoms with Crippen LogP contribution in [0.4, 0.5) is 14.5 Å². The number of nitrogens with one attached hydrogen (secondary N) is 3. The quantitative estimate of drug-likeness (QED) is 0.348. The fraction of sp³-hybridized carbons (Fsp3) is 0.125. The predicted octanol–water partition coefficient (Wildman–Crippen LogP) is 5.75. The third kappa shape index (κ3) is 4.86. The van der Waals surface area contributed by atoms with Gasteiger partial charge in [-0.15, -0.1) is 0 Å². The van der Waals surface area contributed by atoms with Crippen molar-refractivity contribution in [2.75, 3.05) is 18.6 Å². The van der Waals surface area contributed by atoms with E-state index in [4.69, 9.17) is 10.8 Å². The fourth-order valence-corrected chi connectivity index (χ4v) is 3.52. The Hall–Kier alpha value is -3.52. The van der Waals surface area contributed by atoms with E-state index in [1.807, 2.05) is 25.1 Å². The third-order valence-electron chi connectivity index (χ3n) is 4.99. The molecular weight excluding hydrogens is 430 g/mol. The maximum Gasteiger partial charge on any atom is 0.261 e. The summed E-state index contributed by atoms with van der Waals surface area (Å²) in [5, 5.41) is 19.1. The lowest BCUT2D eigenvalue weighted by Crippen LogP contribution is -2.30. The number of aryl methyl sites for hydroxylation is 1. The average Bonchev–Trinajstić information content (AvgIpc) is 2.78. The summed E-state index contributed by atoms with van der Waals surface area (Å²) in [6.07, 6.45) is 1.79. The molecule has 1 amide bonds. The van der Waals surface area contributed by atoms with Gasteiger partial charge in [-0.2, -0.15) is 0 Å². The molecule has 0 spiro atoms. The molecule has 0 unspecified atom stereocenters. The molecule has 3 aromatic carbocycles. The minimum atomic E-state index is -0.923. The molecule has 3 aromatic rings. The minimum Gasteiger partial charge on any atom is -0.322 e. The largest absolute Gasteiger partial charge is 0.322 e. The van der Waals surface area contributed by atoms with Crippen LogP contribution in [0.15, 0.2) is 60.7 Å². The molecule has 0 saturated carbocycles. The van der Waals surface area contributed by atoms with Gasteiger partial charge in [-0.05, 0) is 60.2 Å². The number of anilines is 1. The first-order valence-electron chi connectivity index (χ1n) is 9.64. The molecule has 5 nitrogen and oxygen atoms in total. The molecule has 0 atom stereocenters. The van der Waals surface area contributed by atoms with Gasteiger partial charge in [0, 0.05) is 18.3 Å². The van der Waals surface area contributed by atoms with E-state index in [0.29, 0.717) is 11.3 Å². The van der Waals surface area contributed by atoms with Gasteiger partial charge in [-0.3, -0.25) is 15.6 Å². The lowest BCUT2D eigenvalue weighted by molar-refractivity contribution is 0.101. The number of thioether (sulfide) groups is 1. The molecular formula is C24H22F2N4OS. The van der Waals surface area contributed by atoms with Crippen LogP contribution in [0.1, 0.15) is 21.5 Å². The topological polar surface area (TPSA) is 80.0 Å². The zero-order chi connectivity index (χ0) is 23.4. The maximum absolute atomic E-state index is 13.8. The summed E-state index contributed by atoms with van der Waals surface area (Å²) in [5.74, 6) is -2.50. The van der Waals surface area contributed by atoms with E-state index in [1.165, 1.54) is 22.7 Å². The normalized spacial score (nSPS) is 10.5. The standard InChI is InChI=1S/C24H22F2N4OS/c1-14-7-8-16(22(27)30(2)24(28)32-3)13-18(14)15-9-11-17(12-10-15)29-23(31)21-19(25)5-4-6-20(21)26/h4-13,27-28H,1-3H3,(H,29,31). The van der Waals surface area contributed by atoms with Crippen LogP contribution in [0.5, 0.6) is 0 Å². The summed E-state index contributed by atoms with van der Waals surface area (Å²) < 4.78 is 27.7. The van der Waals surface area contributed by atoms with E-state index in [-0.39, 0.29) is 11.0 Å². The highest BCUT2D eigenvalue weighted by molar-refractivity contribution is 8.13. The summed E-state index contributed by atoms with van der Waals surface area (Å²) in [5.41, 5.74) is 3.19. The van der Waals surface area contributed by atoms with Crippen molar-refractivity contribution in [2.24, 2.45) is 0 Å². The number of halogens is 2. The lowest BCUT2D eigenvalue weighted by Gasteiger charge is -2.20. The molecule has 0 radical (unpaired) electrons. The Morgan fingerprint density at radius 2 is 1.62 bits per heavy atom. The van der Waals surface area contributed by atoms with Gasteiger partial charge in [-0.1, -0.05) is 42.1 Å². The second-order valence-corrected chi connectivity index (χ2v) is 7.87. The summed E-state index contributed by atoms with van der Waals surface area (Å²) in [6.45, 7) is 1.95. The first kappa shape index (κ1) is 23.1. The Kier molecular flexibility index (Phi) is 7.05. The van der Waals surface area contributed by atoms with E-state index in [1.54, 1.807) is 37.6 Å². The Labute approximate surface area is 189 Å². The molecule has 3 rings (SSSR count). The second kappa shape index (κ2) is 9.74. The lowest BCUT2D eigenvalue weighted by atomic mass is 9.97. The zero-order valence-corrected chi connectivity index (χ0v) is 18.6. The molecule has 0 heterocycles. The highest BCUT2D eigenvalue weighted by Crippen LogP contribution is 2.27. The molecule has 0 aliphatic carbocycles. The number of nitrogens with zero attached hydrogens (tertiary/aromatic N) is 1. The van der Waals surface area contributed by atoms with Crippen molar-refractivity contribution in [2.45, 2.75) is 6.92 Å². The van der Waals surface area contributed by atoms with E-state index in [2.05, 4.69) is 5.32 Å². The number of hydrogen-bond acceptors (Lipinski definition) is 4. The molecule has 0 aliphatic heterocycles. The molecule has 0 fully saturated rings. The molecule has 8 heteroatoms. The second-order valence-electron chi connectivity index (χ2n) is 7.07. The highest BCUT2D eigenvalue weighted by Gasteiger charge is 2.17. The van der Waals surface area contributed by atoms with Crippen molar-refractivity contribution in [3.63, 3.8) is 0 Å². The van der Waals surface area contributed by atoms with Crippen LogP contribution in [0.2, 0.25) is 0 Å². The predicted molar refractivity (Wildman–Crippen MR) is 127 cm³/mol. The van der Waals surface area contributed by atoms with E-state index >= 15 is 0 Å². The number of rotatable bonds is 4. The monoisotopic (exact) mass is 452 g/mol. The average molecular weight is 453 g/mol. The van der Waals surface area contributed by atoms with Gasteiger partial charge < -0.3 is 10.2 Å². The molecule has 3 N–H and O–H groups in total. The Balaban J connectivity index is 1.84. The van der Waals surface area contributed by atoms with Crippen LogP contribution >= 0.6 is 11.8 Å². The number of amidine groups is 2. The van der Waals surface area contributed by atoms with Crippen LogP contribution in [0, 0.1) is 29.4 Å². The van der Waals surface area contributed by atoms with Gasteiger partial charge in [0.05, 0.1) is 0 Å². The highest BCUT2D eigenvalue weighted by atomic mass is 32.2. The van der Waals surface area contributed by atoms with Crippen molar-refractivity contribution in [1.82, 2.24) is 4.90 Å². The fourth-order valence-electron chi connectivity index (χ4n) is 3.15. The van der Waals surface area contributed by atoms with Gasteiger partial charge in [0.1, 0.15) is 23.0 Å². The van der Waals surface area contributed by atoms with Crippen LogP contribution < -0.4 is 5.32 Å². The van der Waals surface area contributed by atoms with E-state index < -0.39 is 23.1 Å². The zero-order valence-electron chi connectivity index (χ0n) is 17.8. The smallest absolute Gasteiger partial charge is 0.261 e. The Morgan fingerprint density at radius 3 is 2.22 bits per heavy atom. The first-order valence-corrected chi connectivity index (χ1v) is 10.9. The molecule has 164 valence electrons. The molecule has 0 aliphatic rings. The molecule has 0 saturated heterocycles. The minimum absolute atomic E-state index is 0.210. The maximum atomic E-state index is 13.8. The van der Waals surface area contributed by atoms with Crippen molar-refractivity contribution < 1.29 is 13.6 Å². The summed E-state index contributed by atoms with van der Waals surface area (Å²) >= 11 is 1.25. The summed E-state index contributed by atoms with van der Waals surface area (Å²) in [7, 11) is 1.68. The number of carbonyl (C=O) groups excluding carboxylic acids is 1. The van der Waals surface area contributed by atoms with Gasteiger partial charge in [0.25, 0.3) is 5.91 Å². The SMILES string of the molecule is CSC(=N)N(C)C(=N)c1ccc(C)c(-c2ccc(NC(=O)c3c(F)cccc3F)cc2)c1. The van der Waals surface area contributed by atoms with Gasteiger partial charge >= 0.3 is 0 Å². The van der Waals surface area contributed by atoms with Crippen molar-refractivity contribution >= 4 is 34.4 Å². The number of amides is 1. The van der Waals surface area contributed by atoms with Crippen molar-refractivity contribution in [1.29, 1.82) is 10.8 Å². The first-order chi connectivity index (χ1) is 15.2. The third-order valence-corrected chi connectivity index (χ3v) is 5.65. The van der Waals surface area contributed by atoms with E-state index in [0.717, 1.165) is 28.8 Å². The van der Waals surface area contributed by atoms with Gasteiger partial charge in [0.15, 0.2) is 5.17 Å². The van der Waals surface area contributed by atoms with Gasteiger partial charge in [-0.25, -0.2) is 8.78 Å². The summed E-state index contributed by atoms with van der Waals surface area (Å²) in [6, 6.07) is 15.8.